The maximum atomic E-state index is 11.8. The Bertz CT molecular complexity index is 411. The number of carboxylic acid groups (broad SMARTS) is 1. The second-order valence-corrected chi connectivity index (χ2v) is 5.34. The molecular weight excluding hydrogens is 212 g/mol. The number of aliphatic carboxylic acids is 1. The highest BCUT2D eigenvalue weighted by atomic mass is 16.6. The zero-order valence-electron chi connectivity index (χ0n) is 9.49. The van der Waals surface area contributed by atoms with E-state index >= 15 is 0 Å². The third-order valence-corrected chi connectivity index (χ3v) is 4.80. The van der Waals surface area contributed by atoms with E-state index in [0.29, 0.717) is 6.42 Å². The quantitative estimate of drug-likeness (QED) is 0.532. The molecule has 88 valence electrons. The molecule has 2 fully saturated rings. The summed E-state index contributed by atoms with van der Waals surface area (Å²) in [5.74, 6) is -2.71. The smallest absolute Gasteiger partial charge is 0.331 e. The molecule has 0 aromatic carbocycles. The molecule has 0 aromatic heterocycles. The molecule has 5 heteroatoms. The summed E-state index contributed by atoms with van der Waals surface area (Å²) in [5.41, 5.74) is -3.38. The highest BCUT2D eigenvalue weighted by Gasteiger charge is 2.75. The van der Waals surface area contributed by atoms with Crippen LogP contribution in [0.15, 0.2) is 0 Å². The van der Waals surface area contributed by atoms with E-state index in [1.165, 1.54) is 0 Å². The Morgan fingerprint density at radius 1 is 1.19 bits per heavy atom. The van der Waals surface area contributed by atoms with Gasteiger partial charge in [-0.1, -0.05) is 13.8 Å². The summed E-state index contributed by atoms with van der Waals surface area (Å²) in [6, 6.07) is 0. The number of hydrogen-bond donors (Lipinski definition) is 1. The van der Waals surface area contributed by atoms with Gasteiger partial charge >= 0.3 is 17.9 Å². The van der Waals surface area contributed by atoms with Crippen LogP contribution in [0.3, 0.4) is 0 Å². The minimum absolute atomic E-state index is 0.163. The summed E-state index contributed by atoms with van der Waals surface area (Å²) >= 11 is 0. The van der Waals surface area contributed by atoms with Gasteiger partial charge in [-0.3, -0.25) is 14.4 Å². The second kappa shape index (κ2) is 2.64. The van der Waals surface area contributed by atoms with Gasteiger partial charge in [0.15, 0.2) is 5.41 Å². The van der Waals surface area contributed by atoms with E-state index in [1.54, 1.807) is 20.8 Å². The molecule has 0 radical (unpaired) electrons. The molecule has 1 heterocycles. The molecule has 0 amide bonds. The zero-order valence-corrected chi connectivity index (χ0v) is 9.49. The Balaban J connectivity index is 2.69. The molecular formula is C11H14O5. The highest BCUT2D eigenvalue weighted by Crippen LogP contribution is 2.66. The summed E-state index contributed by atoms with van der Waals surface area (Å²) in [7, 11) is 0. The number of fused-ring (bicyclic) bond motifs is 2. The molecule has 2 atom stereocenters. The van der Waals surface area contributed by atoms with Crippen LogP contribution in [0.1, 0.15) is 33.6 Å². The van der Waals surface area contributed by atoms with Crippen molar-refractivity contribution in [3.05, 3.63) is 0 Å². The van der Waals surface area contributed by atoms with Crippen molar-refractivity contribution in [3.8, 4) is 0 Å². The van der Waals surface area contributed by atoms with Crippen LogP contribution in [-0.2, 0) is 19.1 Å². The van der Waals surface area contributed by atoms with Crippen LogP contribution in [0, 0.1) is 16.2 Å². The maximum absolute atomic E-state index is 11.8. The third-order valence-electron chi connectivity index (χ3n) is 4.80. The monoisotopic (exact) mass is 226 g/mol. The lowest BCUT2D eigenvalue weighted by molar-refractivity contribution is -0.201. The predicted molar refractivity (Wildman–Crippen MR) is 52.3 cm³/mol. The van der Waals surface area contributed by atoms with E-state index in [-0.39, 0.29) is 6.42 Å². The van der Waals surface area contributed by atoms with Crippen molar-refractivity contribution in [2.24, 2.45) is 16.2 Å². The molecule has 2 bridgehead atoms. The standard InChI is InChI=1S/C11H14O5/c1-9(2)10(3)4-5-11(9,6(12)13)8(15)16-7(10)14/h4-5H2,1-3H3,(H,12,13)/t10-,11-/m0/s1. The minimum Gasteiger partial charge on any atom is -0.480 e. The van der Waals surface area contributed by atoms with Crippen molar-refractivity contribution in [2.45, 2.75) is 33.6 Å². The molecule has 2 rings (SSSR count). The molecule has 0 spiro atoms. The average Bonchev–Trinajstić information content (AvgIpc) is 2.29. The van der Waals surface area contributed by atoms with Crippen molar-refractivity contribution in [3.63, 3.8) is 0 Å². The van der Waals surface area contributed by atoms with Crippen LogP contribution in [0.2, 0.25) is 0 Å². The average molecular weight is 226 g/mol. The van der Waals surface area contributed by atoms with Gasteiger partial charge in [0.25, 0.3) is 0 Å². The fourth-order valence-corrected chi connectivity index (χ4v) is 2.99. The molecule has 0 aromatic rings. The molecule has 1 saturated heterocycles. The van der Waals surface area contributed by atoms with Gasteiger partial charge in [-0.15, -0.1) is 0 Å². The first-order chi connectivity index (χ1) is 7.20. The van der Waals surface area contributed by atoms with Crippen LogP contribution in [0.4, 0.5) is 0 Å². The Morgan fingerprint density at radius 2 is 1.75 bits per heavy atom. The van der Waals surface area contributed by atoms with Gasteiger partial charge in [0.2, 0.25) is 0 Å². The number of ether oxygens (including phenoxy) is 1. The number of hydrogen-bond acceptors (Lipinski definition) is 4. The molecule has 5 nitrogen and oxygen atoms in total. The van der Waals surface area contributed by atoms with Crippen LogP contribution in [0.25, 0.3) is 0 Å². The lowest BCUT2D eigenvalue weighted by atomic mass is 9.57. The zero-order chi connectivity index (χ0) is 12.4. The lowest BCUT2D eigenvalue weighted by Gasteiger charge is -2.46. The number of cyclic esters (lactones) is 2. The lowest BCUT2D eigenvalue weighted by Crippen LogP contribution is -2.59. The normalized spacial score (nSPS) is 40.7. The number of esters is 2. The molecule has 0 unspecified atom stereocenters. The van der Waals surface area contributed by atoms with Crippen molar-refractivity contribution in [1.82, 2.24) is 0 Å². The number of carbonyl (C=O) groups excluding carboxylic acids is 2. The van der Waals surface area contributed by atoms with Gasteiger partial charge in [0.05, 0.1) is 5.41 Å². The summed E-state index contributed by atoms with van der Waals surface area (Å²) in [6.07, 6.45) is 0.535. The summed E-state index contributed by atoms with van der Waals surface area (Å²) in [6.45, 7) is 4.99. The maximum Gasteiger partial charge on any atom is 0.331 e. The van der Waals surface area contributed by atoms with Gasteiger partial charge in [-0.2, -0.15) is 0 Å². The van der Waals surface area contributed by atoms with Gasteiger partial charge in [0.1, 0.15) is 0 Å². The minimum atomic E-state index is -1.57. The second-order valence-electron chi connectivity index (χ2n) is 5.34. The van der Waals surface area contributed by atoms with Crippen molar-refractivity contribution < 1.29 is 24.2 Å². The van der Waals surface area contributed by atoms with Gasteiger partial charge in [0, 0.05) is 5.41 Å². The molecule has 1 N–H and O–H groups in total. The molecule has 16 heavy (non-hydrogen) atoms. The summed E-state index contributed by atoms with van der Waals surface area (Å²) in [5, 5.41) is 9.31. The van der Waals surface area contributed by atoms with E-state index in [0.717, 1.165) is 0 Å². The molecule has 1 saturated carbocycles. The first-order valence-corrected chi connectivity index (χ1v) is 5.20. The van der Waals surface area contributed by atoms with Gasteiger partial charge < -0.3 is 9.84 Å². The fourth-order valence-electron chi connectivity index (χ4n) is 2.99. The summed E-state index contributed by atoms with van der Waals surface area (Å²) < 4.78 is 4.62. The van der Waals surface area contributed by atoms with Crippen molar-refractivity contribution >= 4 is 17.9 Å². The largest absolute Gasteiger partial charge is 0.480 e. The number of rotatable bonds is 1. The van der Waals surface area contributed by atoms with E-state index in [1.807, 2.05) is 0 Å². The predicted octanol–water partition coefficient (Wildman–Crippen LogP) is 0.967. The highest BCUT2D eigenvalue weighted by molar-refractivity contribution is 6.08. The Kier molecular flexibility index (Phi) is 1.84. The first kappa shape index (κ1) is 11.1. The Morgan fingerprint density at radius 3 is 2.25 bits per heavy atom. The van der Waals surface area contributed by atoms with E-state index < -0.39 is 34.2 Å². The fraction of sp³-hybridized carbons (Fsp3) is 0.727. The first-order valence-electron chi connectivity index (χ1n) is 5.20. The SMILES string of the molecule is CC1(C)[C@]2(C(=O)O)CC[C@@]1(C)C(=O)OC2=O. The molecule has 1 aliphatic carbocycles. The Labute approximate surface area is 92.8 Å². The topological polar surface area (TPSA) is 80.7 Å². The van der Waals surface area contributed by atoms with Gasteiger partial charge in [-0.05, 0) is 19.8 Å². The molecule has 1 aliphatic heterocycles. The number of carbonyl (C=O) groups is 3. The van der Waals surface area contributed by atoms with E-state index in [4.69, 9.17) is 0 Å². The van der Waals surface area contributed by atoms with Crippen LogP contribution in [-0.4, -0.2) is 23.0 Å². The third kappa shape index (κ3) is 0.817. The van der Waals surface area contributed by atoms with Crippen LogP contribution < -0.4 is 0 Å². The van der Waals surface area contributed by atoms with Crippen molar-refractivity contribution in [1.29, 1.82) is 0 Å². The summed E-state index contributed by atoms with van der Waals surface area (Å²) in [4.78, 5) is 34.9. The van der Waals surface area contributed by atoms with Gasteiger partial charge in [-0.25, -0.2) is 0 Å². The van der Waals surface area contributed by atoms with Crippen LogP contribution >= 0.6 is 0 Å². The van der Waals surface area contributed by atoms with E-state index in [9.17, 15) is 19.5 Å². The van der Waals surface area contributed by atoms with Crippen molar-refractivity contribution in [2.75, 3.05) is 0 Å². The number of carboxylic acids is 1. The molecule has 2 aliphatic rings. The van der Waals surface area contributed by atoms with E-state index in [2.05, 4.69) is 4.74 Å². The van der Waals surface area contributed by atoms with Crippen LogP contribution in [0.5, 0.6) is 0 Å². The Hall–Kier alpha value is -1.39.